The van der Waals surface area contributed by atoms with Gasteiger partial charge in [-0.25, -0.2) is 4.98 Å². The lowest BCUT2D eigenvalue weighted by Crippen LogP contribution is -2.40. The summed E-state index contributed by atoms with van der Waals surface area (Å²) in [5.74, 6) is 2.34. The molecular formula is C23H33IN6O2. The van der Waals surface area contributed by atoms with Gasteiger partial charge in [-0.15, -0.1) is 24.0 Å². The standard InChI is InChI=1S/C23H32N6O2.HI/c1-25-23(27-13-6-16-31-20-8-3-2-4-9-20)28-17-19-7-5-12-26-22(19)29-14-10-18(11-15-29)21(24)30;/h2-5,7-9,12,18H,6,10-11,13-17H2,1H3,(H2,24,30)(H2,25,27,28);1H. The van der Waals surface area contributed by atoms with Crippen LogP contribution in [0.4, 0.5) is 5.82 Å². The SMILES string of the molecule is CN=C(NCCCOc1ccccc1)NCc1cccnc1N1CCC(C(N)=O)CC1.I. The second-order valence-corrected chi connectivity index (χ2v) is 7.52. The Labute approximate surface area is 207 Å². The quantitative estimate of drug-likeness (QED) is 0.191. The first-order valence-electron chi connectivity index (χ1n) is 10.8. The van der Waals surface area contributed by atoms with Gasteiger partial charge in [0.1, 0.15) is 11.6 Å². The number of aliphatic imine (C=N–C) groups is 1. The number of guanidine groups is 1. The number of carbonyl (C=O) groups is 1. The van der Waals surface area contributed by atoms with Crippen molar-refractivity contribution in [2.75, 3.05) is 38.2 Å². The molecule has 174 valence electrons. The molecule has 1 aliphatic heterocycles. The van der Waals surface area contributed by atoms with Crippen molar-refractivity contribution in [3.63, 3.8) is 0 Å². The first kappa shape index (κ1) is 25.7. The van der Waals surface area contributed by atoms with E-state index in [4.69, 9.17) is 10.5 Å². The third-order valence-corrected chi connectivity index (χ3v) is 5.36. The van der Waals surface area contributed by atoms with E-state index in [1.165, 1.54) is 0 Å². The minimum absolute atomic E-state index is 0. The van der Waals surface area contributed by atoms with Crippen LogP contribution >= 0.6 is 24.0 Å². The normalized spacial score (nSPS) is 14.4. The molecule has 1 saturated heterocycles. The maximum atomic E-state index is 11.4. The molecule has 1 aromatic carbocycles. The molecule has 0 saturated carbocycles. The Balaban J connectivity index is 0.00000363. The number of piperidine rings is 1. The van der Waals surface area contributed by atoms with E-state index in [2.05, 4.69) is 31.6 Å². The average molecular weight is 552 g/mol. The number of carbonyl (C=O) groups excluding carboxylic acids is 1. The Morgan fingerprint density at radius 2 is 1.94 bits per heavy atom. The van der Waals surface area contributed by atoms with Crippen molar-refractivity contribution in [1.29, 1.82) is 0 Å². The second-order valence-electron chi connectivity index (χ2n) is 7.52. The summed E-state index contributed by atoms with van der Waals surface area (Å²) in [7, 11) is 1.76. The fourth-order valence-corrected chi connectivity index (χ4v) is 3.61. The highest BCUT2D eigenvalue weighted by atomic mass is 127. The maximum absolute atomic E-state index is 11.4. The van der Waals surface area contributed by atoms with E-state index in [0.717, 1.165) is 62.0 Å². The van der Waals surface area contributed by atoms with Crippen molar-refractivity contribution in [3.05, 3.63) is 54.2 Å². The zero-order valence-corrected chi connectivity index (χ0v) is 20.8. The van der Waals surface area contributed by atoms with Gasteiger partial charge in [0.25, 0.3) is 0 Å². The molecule has 0 spiro atoms. The number of halogens is 1. The van der Waals surface area contributed by atoms with Gasteiger partial charge in [0, 0.05) is 50.9 Å². The number of hydrogen-bond acceptors (Lipinski definition) is 5. The molecule has 0 aliphatic carbocycles. The Hall–Kier alpha value is -2.56. The number of nitrogens with zero attached hydrogens (tertiary/aromatic N) is 3. The number of hydrogen-bond donors (Lipinski definition) is 3. The van der Waals surface area contributed by atoms with Crippen LogP contribution in [0.3, 0.4) is 0 Å². The third kappa shape index (κ3) is 7.85. The van der Waals surface area contributed by atoms with E-state index >= 15 is 0 Å². The molecule has 2 heterocycles. The molecule has 9 heteroatoms. The van der Waals surface area contributed by atoms with Crippen LogP contribution in [-0.4, -0.2) is 50.1 Å². The van der Waals surface area contributed by atoms with Crippen LogP contribution in [0, 0.1) is 5.92 Å². The summed E-state index contributed by atoms with van der Waals surface area (Å²) >= 11 is 0. The Morgan fingerprint density at radius 1 is 1.19 bits per heavy atom. The number of aromatic nitrogens is 1. The molecular weight excluding hydrogens is 519 g/mol. The van der Waals surface area contributed by atoms with Crippen molar-refractivity contribution in [1.82, 2.24) is 15.6 Å². The second kappa shape index (κ2) is 13.8. The van der Waals surface area contributed by atoms with Crippen molar-refractivity contribution >= 4 is 41.7 Å². The van der Waals surface area contributed by atoms with Crippen molar-refractivity contribution in [2.24, 2.45) is 16.6 Å². The number of pyridine rings is 1. The molecule has 2 aromatic rings. The van der Waals surface area contributed by atoms with E-state index in [-0.39, 0.29) is 35.8 Å². The number of nitrogens with one attached hydrogen (secondary N) is 2. The van der Waals surface area contributed by atoms with Gasteiger partial charge >= 0.3 is 0 Å². The molecule has 0 radical (unpaired) electrons. The van der Waals surface area contributed by atoms with E-state index in [9.17, 15) is 4.79 Å². The Morgan fingerprint density at radius 3 is 2.62 bits per heavy atom. The van der Waals surface area contributed by atoms with Gasteiger partial charge in [0.05, 0.1) is 6.61 Å². The predicted octanol–water partition coefficient (Wildman–Crippen LogP) is 2.54. The van der Waals surface area contributed by atoms with E-state index in [1.54, 1.807) is 13.2 Å². The number of anilines is 1. The van der Waals surface area contributed by atoms with Crippen molar-refractivity contribution in [2.45, 2.75) is 25.8 Å². The number of benzene rings is 1. The summed E-state index contributed by atoms with van der Waals surface area (Å²) in [5.41, 5.74) is 6.55. The Bertz CT molecular complexity index is 857. The van der Waals surface area contributed by atoms with Gasteiger partial charge in [-0.05, 0) is 37.5 Å². The van der Waals surface area contributed by atoms with Crippen LogP contribution in [0.1, 0.15) is 24.8 Å². The third-order valence-electron chi connectivity index (χ3n) is 5.36. The molecule has 32 heavy (non-hydrogen) atoms. The molecule has 1 aromatic heterocycles. The number of primary amides is 1. The number of amides is 1. The number of nitrogens with two attached hydrogens (primary N) is 1. The van der Waals surface area contributed by atoms with Gasteiger partial charge in [-0.1, -0.05) is 24.3 Å². The van der Waals surface area contributed by atoms with E-state index < -0.39 is 0 Å². The maximum Gasteiger partial charge on any atom is 0.220 e. The zero-order valence-electron chi connectivity index (χ0n) is 18.5. The lowest BCUT2D eigenvalue weighted by atomic mass is 9.96. The van der Waals surface area contributed by atoms with Gasteiger partial charge in [-0.2, -0.15) is 0 Å². The van der Waals surface area contributed by atoms with Crippen LogP contribution in [-0.2, 0) is 11.3 Å². The summed E-state index contributed by atoms with van der Waals surface area (Å²) in [6.45, 7) is 3.58. The van der Waals surface area contributed by atoms with Crippen LogP contribution in [0.15, 0.2) is 53.7 Å². The lowest BCUT2D eigenvalue weighted by Gasteiger charge is -2.32. The molecule has 0 bridgehead atoms. The number of ether oxygens (including phenoxy) is 1. The smallest absolute Gasteiger partial charge is 0.220 e. The molecule has 8 nitrogen and oxygen atoms in total. The zero-order chi connectivity index (χ0) is 21.9. The highest BCUT2D eigenvalue weighted by Gasteiger charge is 2.24. The highest BCUT2D eigenvalue weighted by Crippen LogP contribution is 2.24. The van der Waals surface area contributed by atoms with Gasteiger partial charge in [0.15, 0.2) is 5.96 Å². The molecule has 3 rings (SSSR count). The molecule has 1 fully saturated rings. The fraction of sp³-hybridized carbons (Fsp3) is 0.435. The minimum atomic E-state index is -0.202. The summed E-state index contributed by atoms with van der Waals surface area (Å²) < 4.78 is 5.71. The first-order valence-corrected chi connectivity index (χ1v) is 10.8. The van der Waals surface area contributed by atoms with Gasteiger partial charge in [-0.3, -0.25) is 9.79 Å². The van der Waals surface area contributed by atoms with Crippen LogP contribution in [0.25, 0.3) is 0 Å². The largest absolute Gasteiger partial charge is 0.494 e. The molecule has 0 unspecified atom stereocenters. The molecule has 0 atom stereocenters. The van der Waals surface area contributed by atoms with Crippen LogP contribution in [0.2, 0.25) is 0 Å². The highest BCUT2D eigenvalue weighted by molar-refractivity contribution is 14.0. The summed E-state index contributed by atoms with van der Waals surface area (Å²) in [6.07, 6.45) is 4.21. The Kier molecular flexibility index (Phi) is 11.1. The fourth-order valence-electron chi connectivity index (χ4n) is 3.61. The van der Waals surface area contributed by atoms with Crippen molar-refractivity contribution in [3.8, 4) is 5.75 Å². The summed E-state index contributed by atoms with van der Waals surface area (Å²) in [5, 5.41) is 6.67. The number of para-hydroxylation sites is 1. The van der Waals surface area contributed by atoms with Gasteiger partial charge in [0.2, 0.25) is 5.91 Å². The van der Waals surface area contributed by atoms with Crippen LogP contribution in [0.5, 0.6) is 5.75 Å². The monoisotopic (exact) mass is 552 g/mol. The summed E-state index contributed by atoms with van der Waals surface area (Å²) in [6, 6.07) is 13.8. The predicted molar refractivity (Wildman–Crippen MR) is 139 cm³/mol. The number of rotatable bonds is 9. The van der Waals surface area contributed by atoms with E-state index in [0.29, 0.717) is 13.2 Å². The first-order chi connectivity index (χ1) is 15.2. The molecule has 4 N–H and O–H groups in total. The molecule has 1 aliphatic rings. The lowest BCUT2D eigenvalue weighted by molar-refractivity contribution is -0.122. The van der Waals surface area contributed by atoms with Crippen molar-refractivity contribution < 1.29 is 9.53 Å². The van der Waals surface area contributed by atoms with Gasteiger partial charge < -0.3 is 26.0 Å². The topological polar surface area (TPSA) is 105 Å². The summed E-state index contributed by atoms with van der Waals surface area (Å²) in [4.78, 5) is 22.5. The van der Waals surface area contributed by atoms with E-state index in [1.807, 2.05) is 36.4 Å². The van der Waals surface area contributed by atoms with Crippen LogP contribution < -0.4 is 26.0 Å². The average Bonchev–Trinajstić information content (AvgIpc) is 2.82. The molecule has 1 amide bonds. The minimum Gasteiger partial charge on any atom is -0.494 e.